The number of nitrogens with one attached hydrogen (secondary N) is 1. The van der Waals surface area contributed by atoms with Crippen molar-refractivity contribution in [1.82, 2.24) is 38.5 Å². The van der Waals surface area contributed by atoms with Crippen LogP contribution in [0, 0.1) is 0 Å². The van der Waals surface area contributed by atoms with Gasteiger partial charge >= 0.3 is 29.7 Å². The first-order valence-electron chi connectivity index (χ1n) is 18.2. The maximum atomic E-state index is 12.8. The standard InChI is InChI=1S/C17H25N5O3.C16H23N5O3.C3H6O3/c1-5-25-17(24)21-10-8-12(9-11-21)22-15-13(20(4)16(22)23)6-7-14(18-15)19(2)3;1-4-24-16(23)20-9-7-11(8-10-20)21-14-12(17-15(21)22)5-6-13(18-14)19(2)3;1-5-3(4)6-2/h6-7,12H,5,8-11H2,1-4H3;5-6,11H,4,7-10H2,1-3H3,(H,17,22);1-2H3. The maximum absolute atomic E-state index is 12.8. The molecule has 55 heavy (non-hydrogen) atoms. The molecule has 0 aromatic carbocycles. The Bertz CT molecular complexity index is 2030. The summed E-state index contributed by atoms with van der Waals surface area (Å²) in [5, 5.41) is 0. The third-order valence-electron chi connectivity index (χ3n) is 9.43. The second-order valence-electron chi connectivity index (χ2n) is 13.3. The number of carbonyl (C=O) groups excluding carboxylic acids is 3. The molecule has 0 aliphatic carbocycles. The number of methoxy groups -OCH3 is 2. The van der Waals surface area contributed by atoms with E-state index in [2.05, 4.69) is 24.4 Å². The first-order chi connectivity index (χ1) is 26.3. The molecule has 6 rings (SSSR count). The highest BCUT2D eigenvalue weighted by Crippen LogP contribution is 2.27. The van der Waals surface area contributed by atoms with Gasteiger partial charge in [0.15, 0.2) is 11.3 Å². The number of likely N-dealkylation sites (tertiary alicyclic amines) is 2. The van der Waals surface area contributed by atoms with E-state index >= 15 is 0 Å². The molecular formula is C36H54N10O9. The predicted octanol–water partition coefficient (Wildman–Crippen LogP) is 3.58. The number of nitrogens with zero attached hydrogens (tertiary/aromatic N) is 9. The second kappa shape index (κ2) is 19.0. The number of aryl methyl sites for hydroxylation is 1. The van der Waals surface area contributed by atoms with Crippen LogP contribution in [0.25, 0.3) is 22.3 Å². The lowest BCUT2D eigenvalue weighted by molar-refractivity contribution is 0.0916. The summed E-state index contributed by atoms with van der Waals surface area (Å²) >= 11 is 0. The number of aromatic amines is 1. The molecule has 0 spiro atoms. The van der Waals surface area contributed by atoms with Crippen LogP contribution in [0.2, 0.25) is 0 Å². The predicted molar refractivity (Wildman–Crippen MR) is 207 cm³/mol. The molecule has 2 amide bonds. The Balaban J connectivity index is 0.000000214. The van der Waals surface area contributed by atoms with Crippen LogP contribution in [-0.4, -0.2) is 139 Å². The molecule has 6 heterocycles. The number of imidazole rings is 2. The fraction of sp³-hybridized carbons (Fsp3) is 0.583. The molecule has 2 fully saturated rings. The van der Waals surface area contributed by atoms with E-state index in [4.69, 9.17) is 9.47 Å². The zero-order valence-electron chi connectivity index (χ0n) is 33.2. The summed E-state index contributed by atoms with van der Waals surface area (Å²) < 4.78 is 23.3. The molecule has 2 aliphatic rings. The first-order valence-corrected chi connectivity index (χ1v) is 18.2. The summed E-state index contributed by atoms with van der Waals surface area (Å²) in [6.45, 7) is 6.67. The highest BCUT2D eigenvalue weighted by molar-refractivity contribution is 5.75. The smallest absolute Gasteiger partial charge is 0.450 e. The van der Waals surface area contributed by atoms with Gasteiger partial charge in [0.25, 0.3) is 0 Å². The van der Waals surface area contributed by atoms with Gasteiger partial charge < -0.3 is 43.5 Å². The lowest BCUT2D eigenvalue weighted by Crippen LogP contribution is -2.41. The molecule has 19 nitrogen and oxygen atoms in total. The van der Waals surface area contributed by atoms with E-state index in [1.807, 2.05) is 62.3 Å². The summed E-state index contributed by atoms with van der Waals surface area (Å²) in [7, 11) is 12.0. The Morgan fingerprint density at radius 3 is 1.62 bits per heavy atom. The van der Waals surface area contributed by atoms with Crippen molar-refractivity contribution < 1.29 is 33.3 Å². The minimum atomic E-state index is -0.657. The minimum Gasteiger partial charge on any atom is -0.450 e. The quantitative estimate of drug-likeness (QED) is 0.221. The monoisotopic (exact) mass is 770 g/mol. The zero-order chi connectivity index (χ0) is 40.4. The summed E-state index contributed by atoms with van der Waals surface area (Å²) in [5.74, 6) is 1.62. The summed E-state index contributed by atoms with van der Waals surface area (Å²) in [4.78, 5) is 77.9. The Labute approximate surface area is 319 Å². The topological polar surface area (TPSA) is 192 Å². The van der Waals surface area contributed by atoms with E-state index in [0.717, 1.165) is 22.7 Å². The van der Waals surface area contributed by atoms with Crippen molar-refractivity contribution in [3.63, 3.8) is 0 Å². The van der Waals surface area contributed by atoms with Gasteiger partial charge in [0.1, 0.15) is 11.6 Å². The van der Waals surface area contributed by atoms with Crippen molar-refractivity contribution in [2.75, 3.05) is 91.6 Å². The molecule has 2 aliphatic heterocycles. The number of pyridine rings is 2. The molecule has 1 N–H and O–H groups in total. The number of aromatic nitrogens is 6. The van der Waals surface area contributed by atoms with Gasteiger partial charge in [-0.15, -0.1) is 0 Å². The van der Waals surface area contributed by atoms with Crippen molar-refractivity contribution in [2.24, 2.45) is 7.05 Å². The lowest BCUT2D eigenvalue weighted by atomic mass is 10.1. The van der Waals surface area contributed by atoms with Gasteiger partial charge in [0.2, 0.25) is 0 Å². The summed E-state index contributed by atoms with van der Waals surface area (Å²) in [6, 6.07) is 7.67. The van der Waals surface area contributed by atoms with Gasteiger partial charge in [-0.05, 0) is 63.8 Å². The number of rotatable bonds is 6. The van der Waals surface area contributed by atoms with Gasteiger partial charge in [0, 0.05) is 73.5 Å². The highest BCUT2D eigenvalue weighted by Gasteiger charge is 2.29. The third kappa shape index (κ3) is 9.87. The van der Waals surface area contributed by atoms with E-state index < -0.39 is 6.16 Å². The number of hydrogen-bond acceptors (Lipinski definition) is 13. The number of amides is 2. The molecule has 19 heteroatoms. The highest BCUT2D eigenvalue weighted by atomic mass is 16.7. The number of carbonyl (C=O) groups is 3. The zero-order valence-corrected chi connectivity index (χ0v) is 33.2. The van der Waals surface area contributed by atoms with E-state index in [1.54, 1.807) is 44.4 Å². The van der Waals surface area contributed by atoms with Crippen molar-refractivity contribution >= 4 is 52.3 Å². The third-order valence-corrected chi connectivity index (χ3v) is 9.43. The van der Waals surface area contributed by atoms with Crippen LogP contribution in [0.5, 0.6) is 0 Å². The van der Waals surface area contributed by atoms with Crippen molar-refractivity contribution in [3.05, 3.63) is 45.2 Å². The van der Waals surface area contributed by atoms with Crippen LogP contribution in [0.3, 0.4) is 0 Å². The van der Waals surface area contributed by atoms with Crippen LogP contribution in [0.15, 0.2) is 33.9 Å². The van der Waals surface area contributed by atoms with E-state index in [9.17, 15) is 24.0 Å². The Kier molecular flexibility index (Phi) is 14.5. The van der Waals surface area contributed by atoms with Gasteiger partial charge in [-0.1, -0.05) is 0 Å². The molecule has 0 atom stereocenters. The van der Waals surface area contributed by atoms with Gasteiger partial charge in [-0.3, -0.25) is 13.7 Å². The molecular weight excluding hydrogens is 716 g/mol. The van der Waals surface area contributed by atoms with Gasteiger partial charge in [0.05, 0.1) is 38.5 Å². The number of piperidine rings is 2. The number of hydrogen-bond donors (Lipinski definition) is 1. The molecule has 4 aromatic rings. The number of ether oxygens (including phenoxy) is 4. The fourth-order valence-corrected chi connectivity index (χ4v) is 6.51. The Hall–Kier alpha value is -5.75. The maximum Gasteiger partial charge on any atom is 0.507 e. The van der Waals surface area contributed by atoms with Gasteiger partial charge in [-0.2, -0.15) is 0 Å². The van der Waals surface area contributed by atoms with Gasteiger partial charge in [-0.25, -0.2) is 33.9 Å². The summed E-state index contributed by atoms with van der Waals surface area (Å²) in [6.07, 6.45) is 1.63. The summed E-state index contributed by atoms with van der Waals surface area (Å²) in [5.41, 5.74) is 2.71. The van der Waals surface area contributed by atoms with Crippen LogP contribution in [-0.2, 0) is 26.0 Å². The average molecular weight is 771 g/mol. The van der Waals surface area contributed by atoms with Crippen LogP contribution < -0.4 is 21.2 Å². The van der Waals surface area contributed by atoms with Crippen LogP contribution >= 0.6 is 0 Å². The molecule has 0 unspecified atom stereocenters. The van der Waals surface area contributed by atoms with E-state index in [0.29, 0.717) is 76.4 Å². The minimum absolute atomic E-state index is 0.0295. The van der Waals surface area contributed by atoms with E-state index in [-0.39, 0.29) is 35.6 Å². The number of anilines is 2. The van der Waals surface area contributed by atoms with Crippen LogP contribution in [0.1, 0.15) is 51.6 Å². The molecule has 0 saturated carbocycles. The normalized spacial score (nSPS) is 14.7. The first kappa shape index (κ1) is 42.0. The largest absolute Gasteiger partial charge is 0.507 e. The molecule has 4 aromatic heterocycles. The Morgan fingerprint density at radius 1 is 0.727 bits per heavy atom. The number of H-pyrrole nitrogens is 1. The lowest BCUT2D eigenvalue weighted by Gasteiger charge is -2.31. The fourth-order valence-electron chi connectivity index (χ4n) is 6.51. The van der Waals surface area contributed by atoms with E-state index in [1.165, 1.54) is 14.2 Å². The number of fused-ring (bicyclic) bond motifs is 2. The average Bonchev–Trinajstić information content (AvgIpc) is 3.65. The molecule has 2 saturated heterocycles. The SMILES string of the molecule is CCOC(=O)N1CCC(n2c(=O)[nH]c3ccc(N(C)C)nc32)CC1.CCOC(=O)N1CCC(n2c(=O)n(C)c3ccc(N(C)C)nc32)CC1.COC(=O)OC. The van der Waals surface area contributed by atoms with Crippen LogP contribution in [0.4, 0.5) is 26.0 Å². The molecule has 302 valence electrons. The molecule has 0 bridgehead atoms. The van der Waals surface area contributed by atoms with Crippen molar-refractivity contribution in [2.45, 2.75) is 51.6 Å². The second-order valence-corrected chi connectivity index (χ2v) is 13.3. The molecule has 0 radical (unpaired) electrons. The van der Waals surface area contributed by atoms with Crippen molar-refractivity contribution in [1.29, 1.82) is 0 Å². The van der Waals surface area contributed by atoms with Crippen molar-refractivity contribution in [3.8, 4) is 0 Å². The Morgan fingerprint density at radius 2 is 1.18 bits per heavy atom.